The van der Waals surface area contributed by atoms with E-state index in [0.29, 0.717) is 24.0 Å². The fourth-order valence-electron chi connectivity index (χ4n) is 4.72. The Labute approximate surface area is 161 Å². The van der Waals surface area contributed by atoms with Crippen molar-refractivity contribution in [3.63, 3.8) is 0 Å². The molecule has 0 bridgehead atoms. The molecule has 2 fully saturated rings. The summed E-state index contributed by atoms with van der Waals surface area (Å²) < 4.78 is 39.7. The van der Waals surface area contributed by atoms with Crippen molar-refractivity contribution >= 4 is 10.0 Å². The standard InChI is InChI=1S/C21H25NO4S/c1-25-18-11-12-19(26-2)20(14-18)27(23,24)22-15-17-10-6-7-13-21(17,22)16-8-4-3-5-9-16/h3-5,8-9,11-12,14,17H,6-7,10,13,15H2,1-2H3/t17-,21-/m1/s1. The van der Waals surface area contributed by atoms with Crippen molar-refractivity contribution in [2.45, 2.75) is 36.1 Å². The molecule has 0 spiro atoms. The monoisotopic (exact) mass is 387 g/mol. The summed E-state index contributed by atoms with van der Waals surface area (Å²) in [5.41, 5.74) is 0.637. The highest BCUT2D eigenvalue weighted by atomic mass is 32.2. The van der Waals surface area contributed by atoms with Gasteiger partial charge in [-0.2, -0.15) is 4.31 Å². The molecule has 1 heterocycles. The Hall–Kier alpha value is -2.05. The van der Waals surface area contributed by atoms with Crippen molar-refractivity contribution in [1.29, 1.82) is 0 Å². The van der Waals surface area contributed by atoms with E-state index in [2.05, 4.69) is 12.1 Å². The van der Waals surface area contributed by atoms with Crippen LogP contribution in [0.1, 0.15) is 31.2 Å². The molecule has 2 aromatic carbocycles. The van der Waals surface area contributed by atoms with E-state index in [-0.39, 0.29) is 4.90 Å². The number of ether oxygens (including phenoxy) is 2. The van der Waals surface area contributed by atoms with Gasteiger partial charge in [0, 0.05) is 12.6 Å². The van der Waals surface area contributed by atoms with Gasteiger partial charge in [-0.3, -0.25) is 0 Å². The third-order valence-electron chi connectivity index (χ3n) is 6.08. The maximum atomic E-state index is 13.7. The quantitative estimate of drug-likeness (QED) is 0.783. The number of benzene rings is 2. The second-order valence-electron chi connectivity index (χ2n) is 7.29. The van der Waals surface area contributed by atoms with Crippen LogP contribution in [-0.4, -0.2) is 33.5 Å². The molecule has 4 rings (SSSR count). The molecule has 0 N–H and O–H groups in total. The van der Waals surface area contributed by atoms with E-state index in [4.69, 9.17) is 9.47 Å². The van der Waals surface area contributed by atoms with Gasteiger partial charge in [0.2, 0.25) is 10.0 Å². The van der Waals surface area contributed by atoms with Gasteiger partial charge in [0.1, 0.15) is 16.4 Å². The molecule has 1 saturated carbocycles. The predicted octanol–water partition coefficient (Wildman–Crippen LogP) is 3.79. The molecule has 144 valence electrons. The summed E-state index contributed by atoms with van der Waals surface area (Å²) in [6, 6.07) is 15.0. The van der Waals surface area contributed by atoms with Crippen molar-refractivity contribution in [3.05, 3.63) is 54.1 Å². The molecule has 2 aromatic rings. The van der Waals surface area contributed by atoms with Gasteiger partial charge < -0.3 is 9.47 Å². The van der Waals surface area contributed by atoms with Gasteiger partial charge >= 0.3 is 0 Å². The van der Waals surface area contributed by atoms with Crippen LogP contribution in [0.25, 0.3) is 0 Å². The molecule has 2 aliphatic rings. The van der Waals surface area contributed by atoms with Crippen LogP contribution in [0.5, 0.6) is 11.5 Å². The molecule has 0 radical (unpaired) electrons. The summed E-state index contributed by atoms with van der Waals surface area (Å²) in [5.74, 6) is 1.21. The Balaban J connectivity index is 1.83. The van der Waals surface area contributed by atoms with Crippen molar-refractivity contribution < 1.29 is 17.9 Å². The molecule has 1 aliphatic heterocycles. The lowest BCUT2D eigenvalue weighted by molar-refractivity contribution is -0.0505. The smallest absolute Gasteiger partial charge is 0.247 e. The molecule has 0 unspecified atom stereocenters. The lowest BCUT2D eigenvalue weighted by Gasteiger charge is -2.60. The first-order chi connectivity index (χ1) is 13.0. The first-order valence-corrected chi connectivity index (χ1v) is 10.8. The van der Waals surface area contributed by atoms with Gasteiger partial charge in [-0.15, -0.1) is 0 Å². The van der Waals surface area contributed by atoms with Crippen LogP contribution in [0.3, 0.4) is 0 Å². The molecule has 6 heteroatoms. The van der Waals surface area contributed by atoms with E-state index in [1.807, 2.05) is 18.2 Å². The zero-order valence-corrected chi connectivity index (χ0v) is 16.5. The van der Waals surface area contributed by atoms with Crippen LogP contribution in [0, 0.1) is 5.92 Å². The number of rotatable bonds is 5. The van der Waals surface area contributed by atoms with Gasteiger partial charge in [-0.25, -0.2) is 8.42 Å². The van der Waals surface area contributed by atoms with Gasteiger partial charge in [0.25, 0.3) is 0 Å². The molecule has 1 aliphatic carbocycles. The molecule has 0 amide bonds. The summed E-state index contributed by atoms with van der Waals surface area (Å²) in [4.78, 5) is 0.170. The number of hydrogen-bond acceptors (Lipinski definition) is 4. The Morgan fingerprint density at radius 3 is 2.48 bits per heavy atom. The molecular weight excluding hydrogens is 362 g/mol. The van der Waals surface area contributed by atoms with Crippen molar-refractivity contribution in [1.82, 2.24) is 4.31 Å². The summed E-state index contributed by atoms with van der Waals surface area (Å²) in [5, 5.41) is 0. The Morgan fingerprint density at radius 2 is 1.81 bits per heavy atom. The Morgan fingerprint density at radius 1 is 1.04 bits per heavy atom. The maximum Gasteiger partial charge on any atom is 0.247 e. The van der Waals surface area contributed by atoms with Crippen LogP contribution in [0.2, 0.25) is 0 Å². The molecule has 2 atom stereocenters. The van der Waals surface area contributed by atoms with E-state index < -0.39 is 15.6 Å². The number of hydrogen-bond donors (Lipinski definition) is 0. The van der Waals surface area contributed by atoms with Gasteiger partial charge in [-0.05, 0) is 36.5 Å². The van der Waals surface area contributed by atoms with E-state index in [0.717, 1.165) is 31.2 Å². The first kappa shape index (κ1) is 18.3. The second-order valence-corrected chi connectivity index (χ2v) is 9.12. The van der Waals surface area contributed by atoms with Crippen molar-refractivity contribution in [2.75, 3.05) is 20.8 Å². The molecule has 27 heavy (non-hydrogen) atoms. The average Bonchev–Trinajstić information content (AvgIpc) is 2.69. The minimum Gasteiger partial charge on any atom is -0.497 e. The number of fused-ring (bicyclic) bond motifs is 1. The summed E-state index contributed by atoms with van der Waals surface area (Å²) >= 11 is 0. The highest BCUT2D eigenvalue weighted by molar-refractivity contribution is 7.89. The second kappa shape index (κ2) is 6.84. The third kappa shape index (κ3) is 2.74. The molecule has 1 saturated heterocycles. The zero-order valence-electron chi connectivity index (χ0n) is 15.7. The summed E-state index contributed by atoms with van der Waals surface area (Å²) in [6.07, 6.45) is 4.12. The lowest BCUT2D eigenvalue weighted by Crippen LogP contribution is -2.67. The molecule has 0 aromatic heterocycles. The minimum atomic E-state index is -3.73. The van der Waals surface area contributed by atoms with Gasteiger partial charge in [0.05, 0.1) is 19.8 Å². The number of sulfonamides is 1. The van der Waals surface area contributed by atoms with Crippen molar-refractivity contribution in [2.24, 2.45) is 5.92 Å². The zero-order chi connectivity index (χ0) is 19.1. The van der Waals surface area contributed by atoms with E-state index in [9.17, 15) is 8.42 Å². The molecular formula is C21H25NO4S. The largest absolute Gasteiger partial charge is 0.497 e. The number of nitrogens with zero attached hydrogens (tertiary/aromatic N) is 1. The third-order valence-corrected chi connectivity index (χ3v) is 8.01. The highest BCUT2D eigenvalue weighted by Gasteiger charge is 2.60. The van der Waals surface area contributed by atoms with E-state index in [1.165, 1.54) is 14.2 Å². The van der Waals surface area contributed by atoms with Crippen molar-refractivity contribution in [3.8, 4) is 11.5 Å². The first-order valence-electron chi connectivity index (χ1n) is 9.34. The Bertz CT molecular complexity index is 928. The SMILES string of the molecule is COc1ccc(OC)c(S(=O)(=O)N2C[C@H]3CCCC[C@@]32c2ccccc2)c1. The summed E-state index contributed by atoms with van der Waals surface area (Å²) in [6.45, 7) is 0.553. The number of methoxy groups -OCH3 is 2. The van der Waals surface area contributed by atoms with Crippen LogP contribution in [0.15, 0.2) is 53.4 Å². The fraction of sp³-hybridized carbons (Fsp3) is 0.429. The van der Waals surface area contributed by atoms with Crippen LogP contribution >= 0.6 is 0 Å². The van der Waals surface area contributed by atoms with Crippen LogP contribution in [-0.2, 0) is 15.6 Å². The fourth-order valence-corrected chi connectivity index (χ4v) is 6.78. The maximum absolute atomic E-state index is 13.7. The van der Waals surface area contributed by atoms with E-state index in [1.54, 1.807) is 22.5 Å². The average molecular weight is 388 g/mol. The summed E-state index contributed by atoms with van der Waals surface area (Å²) in [7, 11) is -0.701. The predicted molar refractivity (Wildman–Crippen MR) is 104 cm³/mol. The van der Waals surface area contributed by atoms with Gasteiger partial charge in [-0.1, -0.05) is 43.2 Å². The van der Waals surface area contributed by atoms with Gasteiger partial charge in [0.15, 0.2) is 0 Å². The highest BCUT2D eigenvalue weighted by Crippen LogP contribution is 2.56. The van der Waals surface area contributed by atoms with E-state index >= 15 is 0 Å². The topological polar surface area (TPSA) is 55.8 Å². The van der Waals surface area contributed by atoms with Crippen LogP contribution in [0.4, 0.5) is 0 Å². The van der Waals surface area contributed by atoms with Crippen LogP contribution < -0.4 is 9.47 Å². The minimum absolute atomic E-state index is 0.170. The molecule has 5 nitrogen and oxygen atoms in total. The normalized spacial score (nSPS) is 25.3. The lowest BCUT2D eigenvalue weighted by atomic mass is 9.63. The Kier molecular flexibility index (Phi) is 4.64.